The van der Waals surface area contributed by atoms with E-state index < -0.39 is 0 Å². The lowest BCUT2D eigenvalue weighted by Crippen LogP contribution is -2.36. The van der Waals surface area contributed by atoms with Crippen molar-refractivity contribution in [2.75, 3.05) is 38.7 Å². The number of thioether (sulfide) groups is 1. The zero-order valence-electron chi connectivity index (χ0n) is 12.1. The fourth-order valence-electron chi connectivity index (χ4n) is 2.53. The highest BCUT2D eigenvalue weighted by atomic mass is 32.2. The summed E-state index contributed by atoms with van der Waals surface area (Å²) in [6.45, 7) is 5.36. The monoisotopic (exact) mass is 272 g/mol. The number of nitrogens with one attached hydrogen (secondary N) is 1. The first-order chi connectivity index (χ1) is 8.65. The van der Waals surface area contributed by atoms with Crippen molar-refractivity contribution in [1.82, 2.24) is 10.2 Å². The van der Waals surface area contributed by atoms with Crippen LogP contribution in [0.2, 0.25) is 0 Å². The van der Waals surface area contributed by atoms with Crippen LogP contribution in [0.5, 0.6) is 0 Å². The van der Waals surface area contributed by atoms with E-state index in [-0.39, 0.29) is 0 Å². The molecule has 0 radical (unpaired) electrons. The molecular formula is C14H28N2OS. The highest BCUT2D eigenvalue weighted by Crippen LogP contribution is 2.23. The standard InChI is InChI=1S/C14H28N2OS/c1-12(13-6-4-7-15-11-13)10-14(17)16(2)8-5-9-18-3/h12-13,15H,4-11H2,1-3H3. The van der Waals surface area contributed by atoms with Gasteiger partial charge in [0.2, 0.25) is 5.91 Å². The Hall–Kier alpha value is -0.220. The smallest absolute Gasteiger partial charge is 0.222 e. The first-order valence-corrected chi connectivity index (χ1v) is 8.48. The number of carbonyl (C=O) groups excluding carboxylic acids is 1. The molecule has 1 aliphatic rings. The molecule has 0 aliphatic carbocycles. The number of piperidine rings is 1. The van der Waals surface area contributed by atoms with Crippen LogP contribution in [0.3, 0.4) is 0 Å². The second-order valence-corrected chi connectivity index (χ2v) is 6.44. The van der Waals surface area contributed by atoms with Crippen LogP contribution < -0.4 is 5.32 Å². The lowest BCUT2D eigenvalue weighted by molar-refractivity contribution is -0.131. The van der Waals surface area contributed by atoms with Gasteiger partial charge in [0.15, 0.2) is 0 Å². The molecule has 1 heterocycles. The molecular weight excluding hydrogens is 244 g/mol. The summed E-state index contributed by atoms with van der Waals surface area (Å²) in [6, 6.07) is 0. The normalized spacial score (nSPS) is 21.6. The van der Waals surface area contributed by atoms with Gasteiger partial charge in [0.05, 0.1) is 0 Å². The van der Waals surface area contributed by atoms with Crippen molar-refractivity contribution in [3.8, 4) is 0 Å². The average Bonchev–Trinajstić information content (AvgIpc) is 2.39. The largest absolute Gasteiger partial charge is 0.346 e. The van der Waals surface area contributed by atoms with Gasteiger partial charge in [0.25, 0.3) is 0 Å². The summed E-state index contributed by atoms with van der Waals surface area (Å²) in [5.41, 5.74) is 0. The molecule has 3 nitrogen and oxygen atoms in total. The van der Waals surface area contributed by atoms with Gasteiger partial charge in [-0.25, -0.2) is 0 Å². The van der Waals surface area contributed by atoms with Gasteiger partial charge in [0, 0.05) is 20.0 Å². The van der Waals surface area contributed by atoms with Crippen LogP contribution in [0.1, 0.15) is 32.6 Å². The molecule has 4 heteroatoms. The minimum Gasteiger partial charge on any atom is -0.346 e. The van der Waals surface area contributed by atoms with E-state index in [2.05, 4.69) is 18.5 Å². The Kier molecular flexibility index (Phi) is 7.75. The molecule has 0 saturated carbocycles. The van der Waals surface area contributed by atoms with Gasteiger partial charge >= 0.3 is 0 Å². The number of amides is 1. The summed E-state index contributed by atoms with van der Waals surface area (Å²) in [7, 11) is 1.94. The second kappa shape index (κ2) is 8.81. The molecule has 0 spiro atoms. The summed E-state index contributed by atoms with van der Waals surface area (Å²) in [5.74, 6) is 2.64. The first kappa shape index (κ1) is 15.8. The predicted molar refractivity (Wildman–Crippen MR) is 80.0 cm³/mol. The Balaban J connectivity index is 2.24. The molecule has 106 valence electrons. The minimum atomic E-state index is 0.314. The van der Waals surface area contributed by atoms with Crippen molar-refractivity contribution in [3.63, 3.8) is 0 Å². The van der Waals surface area contributed by atoms with E-state index in [1.165, 1.54) is 12.8 Å². The summed E-state index contributed by atoms with van der Waals surface area (Å²) < 4.78 is 0. The fourth-order valence-corrected chi connectivity index (χ4v) is 2.95. The van der Waals surface area contributed by atoms with Crippen LogP contribution in [0.4, 0.5) is 0 Å². The van der Waals surface area contributed by atoms with Crippen LogP contribution in [-0.2, 0) is 4.79 Å². The van der Waals surface area contributed by atoms with Crippen molar-refractivity contribution in [3.05, 3.63) is 0 Å². The molecule has 2 atom stereocenters. The molecule has 0 aromatic rings. The Morgan fingerprint density at radius 3 is 2.94 bits per heavy atom. The van der Waals surface area contributed by atoms with Crippen LogP contribution in [0.25, 0.3) is 0 Å². The molecule has 2 unspecified atom stereocenters. The highest BCUT2D eigenvalue weighted by Gasteiger charge is 2.23. The van der Waals surface area contributed by atoms with Crippen LogP contribution in [0, 0.1) is 11.8 Å². The molecule has 1 N–H and O–H groups in total. The summed E-state index contributed by atoms with van der Waals surface area (Å²) in [6.07, 6.45) is 6.45. The molecule has 1 saturated heterocycles. The third-order valence-electron chi connectivity index (χ3n) is 3.90. The van der Waals surface area contributed by atoms with E-state index in [1.807, 2.05) is 23.7 Å². The fraction of sp³-hybridized carbons (Fsp3) is 0.929. The van der Waals surface area contributed by atoms with Crippen molar-refractivity contribution in [2.24, 2.45) is 11.8 Å². The van der Waals surface area contributed by atoms with E-state index in [0.29, 0.717) is 24.2 Å². The maximum Gasteiger partial charge on any atom is 0.222 e. The molecule has 18 heavy (non-hydrogen) atoms. The average molecular weight is 272 g/mol. The first-order valence-electron chi connectivity index (χ1n) is 7.08. The molecule has 1 amide bonds. The Morgan fingerprint density at radius 2 is 2.33 bits per heavy atom. The maximum atomic E-state index is 12.1. The summed E-state index contributed by atoms with van der Waals surface area (Å²) in [5, 5.41) is 3.43. The predicted octanol–water partition coefficient (Wildman–Crippen LogP) is 2.22. The molecule has 1 aliphatic heterocycles. The number of hydrogen-bond acceptors (Lipinski definition) is 3. The zero-order valence-corrected chi connectivity index (χ0v) is 12.9. The van der Waals surface area contributed by atoms with Gasteiger partial charge in [-0.3, -0.25) is 4.79 Å². The Labute approximate surface area is 116 Å². The third kappa shape index (κ3) is 5.61. The number of nitrogens with zero attached hydrogens (tertiary/aromatic N) is 1. The number of carbonyl (C=O) groups is 1. The number of rotatable bonds is 7. The van der Waals surface area contributed by atoms with Gasteiger partial charge in [-0.05, 0) is 56.2 Å². The van der Waals surface area contributed by atoms with Crippen LogP contribution in [0.15, 0.2) is 0 Å². The van der Waals surface area contributed by atoms with Gasteiger partial charge in [-0.15, -0.1) is 0 Å². The summed E-state index contributed by atoms with van der Waals surface area (Å²) >= 11 is 1.85. The van der Waals surface area contributed by atoms with Crippen molar-refractivity contribution >= 4 is 17.7 Å². The maximum absolute atomic E-state index is 12.1. The lowest BCUT2D eigenvalue weighted by atomic mass is 9.85. The molecule has 0 aromatic carbocycles. The second-order valence-electron chi connectivity index (χ2n) is 5.45. The van der Waals surface area contributed by atoms with E-state index in [0.717, 1.165) is 31.8 Å². The zero-order chi connectivity index (χ0) is 13.4. The van der Waals surface area contributed by atoms with E-state index >= 15 is 0 Å². The minimum absolute atomic E-state index is 0.314. The Bertz CT molecular complexity index is 242. The third-order valence-corrected chi connectivity index (χ3v) is 4.60. The highest BCUT2D eigenvalue weighted by molar-refractivity contribution is 7.98. The lowest BCUT2D eigenvalue weighted by Gasteiger charge is -2.29. The van der Waals surface area contributed by atoms with Crippen molar-refractivity contribution in [1.29, 1.82) is 0 Å². The van der Waals surface area contributed by atoms with Gasteiger partial charge < -0.3 is 10.2 Å². The van der Waals surface area contributed by atoms with E-state index in [1.54, 1.807) is 0 Å². The van der Waals surface area contributed by atoms with E-state index in [4.69, 9.17) is 0 Å². The Morgan fingerprint density at radius 1 is 1.56 bits per heavy atom. The van der Waals surface area contributed by atoms with Crippen LogP contribution >= 0.6 is 11.8 Å². The number of hydrogen-bond donors (Lipinski definition) is 1. The van der Waals surface area contributed by atoms with E-state index in [9.17, 15) is 4.79 Å². The van der Waals surface area contributed by atoms with Crippen LogP contribution in [-0.4, -0.2) is 49.5 Å². The van der Waals surface area contributed by atoms with Crippen molar-refractivity contribution in [2.45, 2.75) is 32.6 Å². The van der Waals surface area contributed by atoms with Gasteiger partial charge in [0.1, 0.15) is 0 Å². The molecule has 0 aromatic heterocycles. The van der Waals surface area contributed by atoms with Gasteiger partial charge in [-0.2, -0.15) is 11.8 Å². The van der Waals surface area contributed by atoms with Crippen molar-refractivity contribution < 1.29 is 4.79 Å². The molecule has 1 rings (SSSR count). The molecule has 0 bridgehead atoms. The molecule has 1 fully saturated rings. The topological polar surface area (TPSA) is 32.3 Å². The quantitative estimate of drug-likeness (QED) is 0.721. The SMILES string of the molecule is CSCCCN(C)C(=O)CC(C)C1CCCNC1. The van der Waals surface area contributed by atoms with Gasteiger partial charge in [-0.1, -0.05) is 6.92 Å². The summed E-state index contributed by atoms with van der Waals surface area (Å²) in [4.78, 5) is 14.0.